The van der Waals surface area contributed by atoms with Crippen LogP contribution in [0, 0.1) is 0 Å². The van der Waals surface area contributed by atoms with E-state index in [1.807, 2.05) is 37.3 Å². The third-order valence-electron chi connectivity index (χ3n) is 2.98. The van der Waals surface area contributed by atoms with Crippen LogP contribution in [-0.2, 0) is 11.3 Å². The van der Waals surface area contributed by atoms with E-state index in [1.165, 1.54) is 7.11 Å². The van der Waals surface area contributed by atoms with Gasteiger partial charge in [-0.2, -0.15) is 0 Å². The zero-order valence-corrected chi connectivity index (χ0v) is 14.1. The van der Waals surface area contributed by atoms with Crippen molar-refractivity contribution in [3.8, 4) is 11.5 Å². The summed E-state index contributed by atoms with van der Waals surface area (Å²) in [5.41, 5.74) is 1.45. The van der Waals surface area contributed by atoms with Crippen LogP contribution in [0.4, 0.5) is 0 Å². The average molecular weight is 365 g/mol. The van der Waals surface area contributed by atoms with Crippen LogP contribution in [-0.4, -0.2) is 19.7 Å². The molecule has 0 atom stereocenters. The van der Waals surface area contributed by atoms with Gasteiger partial charge >= 0.3 is 5.97 Å². The zero-order chi connectivity index (χ0) is 15.9. The summed E-state index contributed by atoms with van der Waals surface area (Å²) in [7, 11) is 1.34. The summed E-state index contributed by atoms with van der Waals surface area (Å²) in [6.45, 7) is 2.77. The second-order valence-electron chi connectivity index (χ2n) is 4.48. The van der Waals surface area contributed by atoms with Gasteiger partial charge in [0, 0.05) is 4.47 Å². The fraction of sp³-hybridized carbons (Fsp3) is 0.235. The molecule has 116 valence electrons. The van der Waals surface area contributed by atoms with Gasteiger partial charge in [-0.25, -0.2) is 4.79 Å². The molecule has 4 nitrogen and oxygen atoms in total. The Morgan fingerprint density at radius 3 is 2.41 bits per heavy atom. The lowest BCUT2D eigenvalue weighted by atomic mass is 10.2. The van der Waals surface area contributed by atoms with Crippen molar-refractivity contribution in [1.29, 1.82) is 0 Å². The molecule has 2 aromatic carbocycles. The first-order valence-electron chi connectivity index (χ1n) is 6.87. The lowest BCUT2D eigenvalue weighted by molar-refractivity contribution is 0.0599. The minimum absolute atomic E-state index is 0.401. The van der Waals surface area contributed by atoms with Crippen molar-refractivity contribution in [2.45, 2.75) is 13.5 Å². The fourth-order valence-electron chi connectivity index (χ4n) is 1.92. The predicted molar refractivity (Wildman–Crippen MR) is 87.4 cm³/mol. The van der Waals surface area contributed by atoms with Crippen LogP contribution in [0.15, 0.2) is 46.9 Å². The number of carbonyl (C=O) groups excluding carboxylic acids is 1. The normalized spacial score (nSPS) is 10.1. The maximum atomic E-state index is 11.7. The summed E-state index contributed by atoms with van der Waals surface area (Å²) in [6.07, 6.45) is 0. The molecular formula is C17H17BrO4. The molecule has 0 spiro atoms. The zero-order valence-electron chi connectivity index (χ0n) is 12.5. The van der Waals surface area contributed by atoms with E-state index in [1.54, 1.807) is 12.1 Å². The number of hydrogen-bond acceptors (Lipinski definition) is 4. The van der Waals surface area contributed by atoms with Gasteiger partial charge in [0.25, 0.3) is 0 Å². The Morgan fingerprint density at radius 2 is 1.77 bits per heavy atom. The quantitative estimate of drug-likeness (QED) is 0.720. The number of hydrogen-bond donors (Lipinski definition) is 0. The molecule has 0 fully saturated rings. The number of carbonyl (C=O) groups is 1. The van der Waals surface area contributed by atoms with Gasteiger partial charge in [-0.15, -0.1) is 0 Å². The first-order chi connectivity index (χ1) is 10.7. The second-order valence-corrected chi connectivity index (χ2v) is 5.33. The van der Waals surface area contributed by atoms with Crippen molar-refractivity contribution in [2.24, 2.45) is 0 Å². The molecule has 0 bridgehead atoms. The SMILES string of the molecule is CCOc1cc(C(=O)OC)c(Br)cc1OCc1ccccc1. The second kappa shape index (κ2) is 7.84. The van der Waals surface area contributed by atoms with E-state index in [2.05, 4.69) is 15.9 Å². The van der Waals surface area contributed by atoms with Gasteiger partial charge in [-0.1, -0.05) is 30.3 Å². The summed E-state index contributed by atoms with van der Waals surface area (Å²) in [5.74, 6) is 0.662. The van der Waals surface area contributed by atoms with Crippen LogP contribution in [0.1, 0.15) is 22.8 Å². The Kier molecular flexibility index (Phi) is 5.83. The summed E-state index contributed by atoms with van der Waals surface area (Å²) >= 11 is 3.36. The van der Waals surface area contributed by atoms with Gasteiger partial charge in [-0.05, 0) is 40.5 Å². The summed E-state index contributed by atoms with van der Waals surface area (Å²) in [4.78, 5) is 11.7. The first kappa shape index (κ1) is 16.4. The van der Waals surface area contributed by atoms with Crippen molar-refractivity contribution < 1.29 is 19.0 Å². The molecule has 0 unspecified atom stereocenters. The molecule has 22 heavy (non-hydrogen) atoms. The minimum Gasteiger partial charge on any atom is -0.490 e. The van der Waals surface area contributed by atoms with E-state index < -0.39 is 5.97 Å². The number of ether oxygens (including phenoxy) is 3. The summed E-state index contributed by atoms with van der Waals surface area (Å²) < 4.78 is 16.7. The van der Waals surface area contributed by atoms with Crippen LogP contribution in [0.25, 0.3) is 0 Å². The third-order valence-corrected chi connectivity index (χ3v) is 3.63. The smallest absolute Gasteiger partial charge is 0.339 e. The number of methoxy groups -OCH3 is 1. The Bertz CT molecular complexity index is 641. The standard InChI is InChI=1S/C17H17BrO4/c1-3-21-15-9-13(17(19)20-2)14(18)10-16(15)22-11-12-7-5-4-6-8-12/h4-10H,3,11H2,1-2H3. The molecule has 2 rings (SSSR count). The van der Waals surface area contributed by atoms with Gasteiger partial charge in [-0.3, -0.25) is 0 Å². The van der Waals surface area contributed by atoms with Crippen LogP contribution in [0.3, 0.4) is 0 Å². The van der Waals surface area contributed by atoms with Crippen molar-refractivity contribution in [1.82, 2.24) is 0 Å². The van der Waals surface area contributed by atoms with E-state index in [-0.39, 0.29) is 0 Å². The lowest BCUT2D eigenvalue weighted by Gasteiger charge is -2.14. The Labute approximate surface area is 138 Å². The molecular weight excluding hydrogens is 348 g/mol. The van der Waals surface area contributed by atoms with Crippen molar-refractivity contribution in [3.05, 3.63) is 58.1 Å². The molecule has 0 saturated carbocycles. The van der Waals surface area contributed by atoms with Crippen molar-refractivity contribution >= 4 is 21.9 Å². The van der Waals surface area contributed by atoms with Crippen LogP contribution in [0.5, 0.6) is 11.5 Å². The number of halogens is 1. The van der Waals surface area contributed by atoms with E-state index in [0.717, 1.165) is 5.56 Å². The van der Waals surface area contributed by atoms with Crippen LogP contribution >= 0.6 is 15.9 Å². The molecule has 0 aliphatic rings. The topological polar surface area (TPSA) is 44.8 Å². The Balaban J connectivity index is 2.25. The van der Waals surface area contributed by atoms with Crippen LogP contribution in [0.2, 0.25) is 0 Å². The van der Waals surface area contributed by atoms with E-state index in [0.29, 0.717) is 34.7 Å². The van der Waals surface area contributed by atoms with Gasteiger partial charge in [0.05, 0.1) is 19.3 Å². The molecule has 0 heterocycles. The maximum absolute atomic E-state index is 11.7. The highest BCUT2D eigenvalue weighted by Gasteiger charge is 2.16. The van der Waals surface area contributed by atoms with Gasteiger partial charge in [0.1, 0.15) is 6.61 Å². The summed E-state index contributed by atoms with van der Waals surface area (Å²) in [6, 6.07) is 13.2. The first-order valence-corrected chi connectivity index (χ1v) is 7.66. The molecule has 0 saturated heterocycles. The van der Waals surface area contributed by atoms with Gasteiger partial charge in [0.2, 0.25) is 0 Å². The molecule has 0 aliphatic heterocycles. The van der Waals surface area contributed by atoms with E-state index in [9.17, 15) is 4.79 Å². The maximum Gasteiger partial charge on any atom is 0.339 e. The Morgan fingerprint density at radius 1 is 1.09 bits per heavy atom. The molecule has 2 aromatic rings. The largest absolute Gasteiger partial charge is 0.490 e. The number of esters is 1. The number of rotatable bonds is 6. The fourth-order valence-corrected chi connectivity index (χ4v) is 2.40. The highest BCUT2D eigenvalue weighted by atomic mass is 79.9. The minimum atomic E-state index is -0.428. The van der Waals surface area contributed by atoms with Gasteiger partial charge < -0.3 is 14.2 Å². The molecule has 0 aromatic heterocycles. The molecule has 5 heteroatoms. The van der Waals surface area contributed by atoms with Crippen molar-refractivity contribution in [2.75, 3.05) is 13.7 Å². The summed E-state index contributed by atoms with van der Waals surface area (Å²) in [5, 5.41) is 0. The van der Waals surface area contributed by atoms with E-state index >= 15 is 0 Å². The molecule has 0 radical (unpaired) electrons. The molecule has 0 amide bonds. The monoisotopic (exact) mass is 364 g/mol. The van der Waals surface area contributed by atoms with Crippen molar-refractivity contribution in [3.63, 3.8) is 0 Å². The van der Waals surface area contributed by atoms with Gasteiger partial charge in [0.15, 0.2) is 11.5 Å². The highest BCUT2D eigenvalue weighted by Crippen LogP contribution is 2.34. The lowest BCUT2D eigenvalue weighted by Crippen LogP contribution is -2.05. The highest BCUT2D eigenvalue weighted by molar-refractivity contribution is 9.10. The number of benzene rings is 2. The predicted octanol–water partition coefficient (Wildman–Crippen LogP) is 4.21. The average Bonchev–Trinajstić information content (AvgIpc) is 2.55. The Hall–Kier alpha value is -2.01. The molecule has 0 aliphatic carbocycles. The molecule has 0 N–H and O–H groups in total. The third kappa shape index (κ3) is 4.01. The van der Waals surface area contributed by atoms with E-state index in [4.69, 9.17) is 14.2 Å². The van der Waals surface area contributed by atoms with Crippen LogP contribution < -0.4 is 9.47 Å².